The Morgan fingerprint density at radius 2 is 1.87 bits per heavy atom. The van der Waals surface area contributed by atoms with Crippen molar-refractivity contribution in [2.75, 3.05) is 0 Å². The summed E-state index contributed by atoms with van der Waals surface area (Å²) in [5, 5.41) is 8.73. The molecule has 0 heterocycles. The van der Waals surface area contributed by atoms with Crippen molar-refractivity contribution in [1.82, 2.24) is 0 Å². The number of benzene rings is 1. The highest BCUT2D eigenvalue weighted by Gasteiger charge is 2.21. The number of hydrogen-bond acceptors (Lipinski definition) is 3. The number of carboxylic acids is 1. The van der Waals surface area contributed by atoms with E-state index in [1.807, 2.05) is 0 Å². The van der Waals surface area contributed by atoms with E-state index in [-0.39, 0.29) is 11.1 Å². The maximum Gasteiger partial charge on any atom is 0.335 e. The second kappa shape index (κ2) is 3.16. The maximum absolute atomic E-state index is 11.3. The van der Waals surface area contributed by atoms with Gasteiger partial charge in [0.05, 0.1) is 5.56 Å². The zero-order valence-electron chi connectivity index (χ0n) is 7.56. The molecule has 0 atom stereocenters. The molecule has 1 aromatic carbocycles. The van der Waals surface area contributed by atoms with Crippen molar-refractivity contribution in [2.45, 2.75) is 0 Å². The molecule has 0 fully saturated rings. The van der Waals surface area contributed by atoms with E-state index in [0.717, 1.165) is 6.08 Å². The zero-order valence-corrected chi connectivity index (χ0v) is 7.56. The topological polar surface area (TPSA) is 71.4 Å². The van der Waals surface area contributed by atoms with E-state index < -0.39 is 17.5 Å². The van der Waals surface area contributed by atoms with Crippen LogP contribution in [0, 0.1) is 0 Å². The smallest absolute Gasteiger partial charge is 0.335 e. The van der Waals surface area contributed by atoms with Crippen LogP contribution in [0.25, 0.3) is 6.08 Å². The molecule has 15 heavy (non-hydrogen) atoms. The summed E-state index contributed by atoms with van der Waals surface area (Å²) in [6.45, 7) is 0. The van der Waals surface area contributed by atoms with E-state index in [9.17, 15) is 14.4 Å². The highest BCUT2D eigenvalue weighted by atomic mass is 16.4. The molecule has 0 saturated carbocycles. The summed E-state index contributed by atoms with van der Waals surface area (Å²) < 4.78 is 0. The van der Waals surface area contributed by atoms with Gasteiger partial charge in [0.1, 0.15) is 0 Å². The second-order valence-electron chi connectivity index (χ2n) is 3.13. The van der Waals surface area contributed by atoms with Gasteiger partial charge in [-0.1, -0.05) is 6.08 Å². The van der Waals surface area contributed by atoms with Gasteiger partial charge < -0.3 is 5.11 Å². The Balaban J connectivity index is 2.59. The van der Waals surface area contributed by atoms with Crippen molar-refractivity contribution < 1.29 is 19.5 Å². The van der Waals surface area contributed by atoms with Crippen molar-refractivity contribution in [3.05, 3.63) is 41.0 Å². The molecule has 0 aromatic heterocycles. The lowest BCUT2D eigenvalue weighted by Gasteiger charge is -2.08. The monoisotopic (exact) mass is 202 g/mol. The van der Waals surface area contributed by atoms with Gasteiger partial charge >= 0.3 is 5.97 Å². The van der Waals surface area contributed by atoms with Crippen LogP contribution in [-0.2, 0) is 4.79 Å². The first-order valence-electron chi connectivity index (χ1n) is 4.23. The molecule has 2 rings (SSSR count). The molecule has 0 aliphatic heterocycles. The molecule has 1 N–H and O–H groups in total. The largest absolute Gasteiger partial charge is 0.478 e. The first-order chi connectivity index (χ1) is 7.09. The Morgan fingerprint density at radius 3 is 2.53 bits per heavy atom. The van der Waals surface area contributed by atoms with Gasteiger partial charge in [-0.15, -0.1) is 0 Å². The Hall–Kier alpha value is -2.23. The fraction of sp³-hybridized carbons (Fsp3) is 0. The molecular formula is C11H6O4. The molecular weight excluding hydrogens is 196 g/mol. The third kappa shape index (κ3) is 1.46. The molecule has 0 spiro atoms. The lowest BCUT2D eigenvalue weighted by molar-refractivity contribution is -0.110. The summed E-state index contributed by atoms with van der Waals surface area (Å²) in [5.41, 5.74) is 0.826. The number of Topliss-reactive ketones (excluding diaryl/α,β-unsaturated/α-hetero) is 1. The first-order valence-corrected chi connectivity index (χ1v) is 4.23. The number of carbonyl (C=O) groups excluding carboxylic acids is 2. The zero-order chi connectivity index (χ0) is 11.0. The maximum atomic E-state index is 11.3. The Labute approximate surface area is 84.8 Å². The van der Waals surface area contributed by atoms with Crippen molar-refractivity contribution in [3.8, 4) is 0 Å². The lowest BCUT2D eigenvalue weighted by Crippen LogP contribution is -2.16. The van der Waals surface area contributed by atoms with E-state index >= 15 is 0 Å². The molecule has 0 radical (unpaired) electrons. The molecule has 0 bridgehead atoms. The van der Waals surface area contributed by atoms with Crippen LogP contribution in [0.4, 0.5) is 0 Å². The fourth-order valence-corrected chi connectivity index (χ4v) is 1.41. The Bertz CT molecular complexity index is 511. The average molecular weight is 202 g/mol. The van der Waals surface area contributed by atoms with Crippen LogP contribution >= 0.6 is 0 Å². The standard InChI is InChI=1S/C11H6O4/c12-9-4-2-6-5-7(11(14)15)1-3-8(6)10(9)13/h1-5H,(H,14,15). The van der Waals surface area contributed by atoms with Crippen LogP contribution < -0.4 is 0 Å². The van der Waals surface area contributed by atoms with Gasteiger partial charge in [0.15, 0.2) is 0 Å². The van der Waals surface area contributed by atoms with E-state index in [1.165, 1.54) is 24.3 Å². The van der Waals surface area contributed by atoms with Gasteiger partial charge in [0, 0.05) is 5.56 Å². The van der Waals surface area contributed by atoms with Crippen molar-refractivity contribution in [3.63, 3.8) is 0 Å². The van der Waals surface area contributed by atoms with Crippen LogP contribution in [-0.4, -0.2) is 22.6 Å². The minimum atomic E-state index is -1.06. The van der Waals surface area contributed by atoms with Gasteiger partial charge in [-0.3, -0.25) is 9.59 Å². The summed E-state index contributed by atoms with van der Waals surface area (Å²) in [6.07, 6.45) is 2.60. The van der Waals surface area contributed by atoms with Crippen molar-refractivity contribution in [1.29, 1.82) is 0 Å². The van der Waals surface area contributed by atoms with E-state index in [1.54, 1.807) is 0 Å². The summed E-state index contributed by atoms with van der Waals surface area (Å²) in [4.78, 5) is 33.0. The molecule has 4 nitrogen and oxygen atoms in total. The third-order valence-electron chi connectivity index (χ3n) is 2.18. The predicted octanol–water partition coefficient (Wildman–Crippen LogP) is 1.16. The van der Waals surface area contributed by atoms with Gasteiger partial charge in [0.25, 0.3) is 0 Å². The Kier molecular flexibility index (Phi) is 1.97. The van der Waals surface area contributed by atoms with Crippen LogP contribution in [0.3, 0.4) is 0 Å². The molecule has 1 aromatic rings. The molecule has 0 unspecified atom stereocenters. The number of carboxylic acid groups (broad SMARTS) is 1. The van der Waals surface area contributed by atoms with Crippen LogP contribution in [0.5, 0.6) is 0 Å². The second-order valence-corrected chi connectivity index (χ2v) is 3.13. The Morgan fingerprint density at radius 1 is 1.13 bits per heavy atom. The summed E-state index contributed by atoms with van der Waals surface area (Å²) in [6, 6.07) is 4.05. The van der Waals surface area contributed by atoms with Crippen LogP contribution in [0.15, 0.2) is 24.3 Å². The van der Waals surface area contributed by atoms with Gasteiger partial charge in [-0.05, 0) is 29.8 Å². The van der Waals surface area contributed by atoms with Crippen LogP contribution in [0.1, 0.15) is 26.3 Å². The molecule has 1 aliphatic rings. The minimum Gasteiger partial charge on any atom is -0.478 e. The molecule has 4 heteroatoms. The highest BCUT2D eigenvalue weighted by Crippen LogP contribution is 2.19. The number of ketones is 2. The molecule has 0 saturated heterocycles. The summed E-state index contributed by atoms with van der Waals surface area (Å²) >= 11 is 0. The average Bonchev–Trinajstić information content (AvgIpc) is 2.23. The minimum absolute atomic E-state index is 0.0977. The lowest BCUT2D eigenvalue weighted by atomic mass is 9.94. The van der Waals surface area contributed by atoms with Crippen molar-refractivity contribution in [2.24, 2.45) is 0 Å². The molecule has 74 valence electrons. The van der Waals surface area contributed by atoms with E-state index in [4.69, 9.17) is 5.11 Å². The SMILES string of the molecule is O=C1C=Cc2cc(C(=O)O)ccc2C1=O. The molecule has 1 aliphatic carbocycles. The van der Waals surface area contributed by atoms with E-state index in [2.05, 4.69) is 0 Å². The third-order valence-corrected chi connectivity index (χ3v) is 2.18. The number of fused-ring (bicyclic) bond motifs is 1. The number of rotatable bonds is 1. The number of aromatic carboxylic acids is 1. The van der Waals surface area contributed by atoms with Crippen molar-refractivity contribution >= 4 is 23.6 Å². The summed E-state index contributed by atoms with van der Waals surface area (Å²) in [5.74, 6) is -2.23. The number of carbonyl (C=O) groups is 3. The number of allylic oxidation sites excluding steroid dienone is 1. The van der Waals surface area contributed by atoms with Gasteiger partial charge in [-0.25, -0.2) is 4.79 Å². The predicted molar refractivity (Wildman–Crippen MR) is 51.8 cm³/mol. The quantitative estimate of drug-likeness (QED) is 0.693. The van der Waals surface area contributed by atoms with Gasteiger partial charge in [0.2, 0.25) is 11.6 Å². The first kappa shape index (κ1) is 9.33. The van der Waals surface area contributed by atoms with E-state index in [0.29, 0.717) is 5.56 Å². The summed E-state index contributed by atoms with van der Waals surface area (Å²) in [7, 11) is 0. The molecule has 0 amide bonds. The highest BCUT2D eigenvalue weighted by molar-refractivity contribution is 6.50. The normalized spacial score (nSPS) is 13.9. The van der Waals surface area contributed by atoms with Crippen LogP contribution in [0.2, 0.25) is 0 Å². The fourth-order valence-electron chi connectivity index (χ4n) is 1.41. The van der Waals surface area contributed by atoms with Gasteiger partial charge in [-0.2, -0.15) is 0 Å². The number of hydrogen-bond donors (Lipinski definition) is 1.